The van der Waals surface area contributed by atoms with Crippen LogP contribution >= 0.6 is 11.3 Å². The van der Waals surface area contributed by atoms with E-state index in [0.717, 1.165) is 41.8 Å². The maximum atomic E-state index is 12.5. The zero-order valence-corrected chi connectivity index (χ0v) is 11.8. The Morgan fingerprint density at radius 3 is 2.43 bits per heavy atom. The maximum Gasteiger partial charge on any atom is 0.416 e. The van der Waals surface area contributed by atoms with Gasteiger partial charge in [-0.05, 0) is 37.0 Å². The van der Waals surface area contributed by atoms with Crippen LogP contribution in [0.1, 0.15) is 38.3 Å². The van der Waals surface area contributed by atoms with Crippen LogP contribution in [0.5, 0.6) is 0 Å². The molecule has 0 amide bonds. The second-order valence-electron chi connectivity index (χ2n) is 5.00. The maximum absolute atomic E-state index is 12.5. The van der Waals surface area contributed by atoms with Gasteiger partial charge in [-0.15, -0.1) is 11.3 Å². The van der Waals surface area contributed by atoms with E-state index in [0.29, 0.717) is 10.6 Å². The molecule has 21 heavy (non-hydrogen) atoms. The number of hydrogen-bond acceptors (Lipinski definition) is 3. The number of fused-ring (bicyclic) bond motifs is 1. The standard InChI is InChI=1S/C15H12F3NOS/c16-15(17,18)9-6-4-8(5-7-9)13(20)12-10-2-1-3-11(10)21-14(12)19/h4-7H,1-3,19H2. The Morgan fingerprint density at radius 1 is 1.14 bits per heavy atom. The molecule has 2 N–H and O–H groups in total. The van der Waals surface area contributed by atoms with Gasteiger partial charge in [-0.25, -0.2) is 0 Å². The van der Waals surface area contributed by atoms with Crippen LogP contribution in [0.15, 0.2) is 24.3 Å². The quantitative estimate of drug-likeness (QED) is 0.850. The predicted molar refractivity (Wildman–Crippen MR) is 75.6 cm³/mol. The van der Waals surface area contributed by atoms with E-state index in [1.807, 2.05) is 0 Å². The van der Waals surface area contributed by atoms with Crippen LogP contribution in [0.25, 0.3) is 0 Å². The number of nitrogens with two attached hydrogens (primary N) is 1. The molecule has 1 aromatic carbocycles. The summed E-state index contributed by atoms with van der Waals surface area (Å²) in [7, 11) is 0. The molecule has 1 heterocycles. The smallest absolute Gasteiger partial charge is 0.390 e. The molecule has 2 aromatic rings. The van der Waals surface area contributed by atoms with Gasteiger partial charge in [0.05, 0.1) is 16.1 Å². The fourth-order valence-corrected chi connectivity index (χ4v) is 3.79. The molecule has 1 aliphatic carbocycles. The summed E-state index contributed by atoms with van der Waals surface area (Å²) >= 11 is 1.41. The lowest BCUT2D eigenvalue weighted by molar-refractivity contribution is -0.137. The van der Waals surface area contributed by atoms with Gasteiger partial charge in [0, 0.05) is 10.4 Å². The zero-order valence-electron chi connectivity index (χ0n) is 11.0. The number of thiophene rings is 1. The van der Waals surface area contributed by atoms with E-state index < -0.39 is 11.7 Å². The zero-order chi connectivity index (χ0) is 15.2. The number of nitrogen functional groups attached to an aromatic ring is 1. The van der Waals surface area contributed by atoms with Crippen LogP contribution in [-0.4, -0.2) is 5.78 Å². The van der Waals surface area contributed by atoms with Crippen molar-refractivity contribution < 1.29 is 18.0 Å². The minimum absolute atomic E-state index is 0.238. The summed E-state index contributed by atoms with van der Waals surface area (Å²) in [5.74, 6) is -0.291. The molecule has 0 unspecified atom stereocenters. The average molecular weight is 311 g/mol. The fourth-order valence-electron chi connectivity index (χ4n) is 2.63. The SMILES string of the molecule is Nc1sc2c(c1C(=O)c1ccc(C(F)(F)F)cc1)CCC2. The molecule has 1 aliphatic rings. The van der Waals surface area contributed by atoms with Crippen molar-refractivity contribution in [2.45, 2.75) is 25.4 Å². The molecule has 6 heteroatoms. The molecule has 0 atom stereocenters. The number of ketones is 1. The number of hydrogen-bond donors (Lipinski definition) is 1. The van der Waals surface area contributed by atoms with Crippen molar-refractivity contribution in [3.8, 4) is 0 Å². The van der Waals surface area contributed by atoms with Crippen LogP contribution < -0.4 is 5.73 Å². The van der Waals surface area contributed by atoms with Crippen LogP contribution in [0, 0.1) is 0 Å². The normalized spacial score (nSPS) is 14.2. The van der Waals surface area contributed by atoms with Gasteiger partial charge in [-0.3, -0.25) is 4.79 Å². The largest absolute Gasteiger partial charge is 0.416 e. The summed E-state index contributed by atoms with van der Waals surface area (Å²) in [6.07, 6.45) is -1.67. The van der Waals surface area contributed by atoms with Gasteiger partial charge in [0.15, 0.2) is 5.78 Å². The first-order valence-electron chi connectivity index (χ1n) is 6.50. The van der Waals surface area contributed by atoms with Gasteiger partial charge in [0.1, 0.15) is 0 Å². The molecule has 0 saturated heterocycles. The van der Waals surface area contributed by atoms with Gasteiger partial charge in [0.25, 0.3) is 0 Å². The van der Waals surface area contributed by atoms with E-state index in [9.17, 15) is 18.0 Å². The third-order valence-electron chi connectivity index (χ3n) is 3.65. The van der Waals surface area contributed by atoms with E-state index in [2.05, 4.69) is 0 Å². The van der Waals surface area contributed by atoms with Crippen molar-refractivity contribution in [1.82, 2.24) is 0 Å². The highest BCUT2D eigenvalue weighted by atomic mass is 32.1. The molecule has 0 aliphatic heterocycles. The number of halogens is 3. The monoisotopic (exact) mass is 311 g/mol. The molecule has 110 valence electrons. The highest BCUT2D eigenvalue weighted by molar-refractivity contribution is 7.16. The highest BCUT2D eigenvalue weighted by Gasteiger charge is 2.31. The van der Waals surface area contributed by atoms with Gasteiger partial charge < -0.3 is 5.73 Å². The molecule has 0 spiro atoms. The van der Waals surface area contributed by atoms with E-state index in [-0.39, 0.29) is 11.3 Å². The topological polar surface area (TPSA) is 43.1 Å². The molecular weight excluding hydrogens is 299 g/mol. The summed E-state index contributed by atoms with van der Waals surface area (Å²) in [6, 6.07) is 4.28. The van der Waals surface area contributed by atoms with E-state index in [1.165, 1.54) is 23.5 Å². The Labute approximate surface area is 123 Å². The van der Waals surface area contributed by atoms with Crippen molar-refractivity contribution in [3.63, 3.8) is 0 Å². The predicted octanol–water partition coefficient (Wildman–Crippen LogP) is 4.07. The van der Waals surface area contributed by atoms with Gasteiger partial charge in [-0.1, -0.05) is 12.1 Å². The van der Waals surface area contributed by atoms with E-state index in [4.69, 9.17) is 5.73 Å². The second kappa shape index (κ2) is 4.87. The minimum atomic E-state index is -4.40. The molecule has 0 fully saturated rings. The Morgan fingerprint density at radius 2 is 1.81 bits per heavy atom. The highest BCUT2D eigenvalue weighted by Crippen LogP contribution is 2.38. The van der Waals surface area contributed by atoms with Crippen LogP contribution in [0.3, 0.4) is 0 Å². The second-order valence-corrected chi connectivity index (χ2v) is 6.14. The van der Waals surface area contributed by atoms with E-state index >= 15 is 0 Å². The summed E-state index contributed by atoms with van der Waals surface area (Å²) in [5.41, 5.74) is 6.84. The van der Waals surface area contributed by atoms with Crippen LogP contribution in [0.2, 0.25) is 0 Å². The first-order chi connectivity index (χ1) is 9.88. The summed E-state index contributed by atoms with van der Waals surface area (Å²) in [5, 5.41) is 0.463. The number of carbonyl (C=O) groups is 1. The third kappa shape index (κ3) is 2.44. The lowest BCUT2D eigenvalue weighted by Crippen LogP contribution is -2.08. The summed E-state index contributed by atoms with van der Waals surface area (Å²) in [6.45, 7) is 0. The average Bonchev–Trinajstić information content (AvgIpc) is 2.97. The molecule has 0 saturated carbocycles. The van der Waals surface area contributed by atoms with Gasteiger partial charge in [-0.2, -0.15) is 13.2 Å². The Hall–Kier alpha value is -1.82. The van der Waals surface area contributed by atoms with Crippen LogP contribution in [0.4, 0.5) is 18.2 Å². The van der Waals surface area contributed by atoms with Gasteiger partial charge in [0.2, 0.25) is 0 Å². The first-order valence-corrected chi connectivity index (χ1v) is 7.31. The van der Waals surface area contributed by atoms with Crippen molar-refractivity contribution in [1.29, 1.82) is 0 Å². The van der Waals surface area contributed by atoms with Gasteiger partial charge >= 0.3 is 6.18 Å². The number of rotatable bonds is 2. The Balaban J connectivity index is 1.96. The minimum Gasteiger partial charge on any atom is -0.390 e. The summed E-state index contributed by atoms with van der Waals surface area (Å²) in [4.78, 5) is 13.6. The number of anilines is 1. The van der Waals surface area contributed by atoms with E-state index in [1.54, 1.807) is 0 Å². The summed E-state index contributed by atoms with van der Waals surface area (Å²) < 4.78 is 37.6. The molecule has 0 radical (unpaired) electrons. The van der Waals surface area contributed by atoms with Crippen molar-refractivity contribution in [3.05, 3.63) is 51.4 Å². The fraction of sp³-hybridized carbons (Fsp3) is 0.267. The molecule has 3 rings (SSSR count). The number of aryl methyl sites for hydroxylation is 1. The molecule has 0 bridgehead atoms. The number of benzene rings is 1. The van der Waals surface area contributed by atoms with Crippen molar-refractivity contribution in [2.24, 2.45) is 0 Å². The van der Waals surface area contributed by atoms with Crippen molar-refractivity contribution in [2.75, 3.05) is 5.73 Å². The lowest BCUT2D eigenvalue weighted by atomic mass is 9.99. The molecule has 1 aromatic heterocycles. The Bertz CT molecular complexity index is 701. The third-order valence-corrected chi connectivity index (χ3v) is 4.77. The molecule has 2 nitrogen and oxygen atoms in total. The number of alkyl halides is 3. The molecular formula is C15H12F3NOS. The lowest BCUT2D eigenvalue weighted by Gasteiger charge is -2.08. The number of carbonyl (C=O) groups excluding carboxylic acids is 1. The first kappa shape index (κ1) is 14.1. The van der Waals surface area contributed by atoms with Crippen molar-refractivity contribution >= 4 is 22.1 Å². The Kier molecular flexibility index (Phi) is 3.28. The van der Waals surface area contributed by atoms with Crippen LogP contribution in [-0.2, 0) is 19.0 Å².